The van der Waals surface area contributed by atoms with Crippen LogP contribution in [0, 0.1) is 0 Å². The Bertz CT molecular complexity index is 495. The molecule has 7 nitrogen and oxygen atoms in total. The van der Waals surface area contributed by atoms with Crippen molar-refractivity contribution in [2.24, 2.45) is 5.73 Å². The first-order valence-electron chi connectivity index (χ1n) is 13.7. The number of amides is 1. The Balaban J connectivity index is 0. The van der Waals surface area contributed by atoms with E-state index in [9.17, 15) is 14.4 Å². The summed E-state index contributed by atoms with van der Waals surface area (Å²) in [6.45, 7) is 9.17. The number of carboxylic acids is 1. The maximum absolute atomic E-state index is 11.4. The minimum absolute atomic E-state index is 0.0278. The molecule has 0 fully saturated rings. The number of carbonyl (C=O) groups is 3. The van der Waals surface area contributed by atoms with Gasteiger partial charge in [-0.15, -0.1) is 0 Å². The standard InChI is InChI=1S/C21H40O4.C6H14N2O/c1-3-4-5-6-7-8-9-10-11-12-13-14-15-16-17-18-20(22)25-19(2)21(23)24;1-3-8(4-2)6(9)5-7/h19H,3-18H2,1-2H3,(H,23,24);3-5,7H2,1-2H3. The molecule has 3 N–H and O–H groups in total. The van der Waals surface area contributed by atoms with Gasteiger partial charge in [-0.25, -0.2) is 4.79 Å². The Morgan fingerprint density at radius 1 is 0.735 bits per heavy atom. The van der Waals surface area contributed by atoms with Gasteiger partial charge in [-0.3, -0.25) is 9.59 Å². The smallest absolute Gasteiger partial charge is 0.344 e. The molecule has 0 aromatic rings. The first kappa shape index (κ1) is 34.5. The van der Waals surface area contributed by atoms with Crippen LogP contribution in [0.1, 0.15) is 130 Å². The minimum Gasteiger partial charge on any atom is -0.479 e. The number of ether oxygens (including phenoxy) is 1. The molecule has 202 valence electrons. The van der Waals surface area contributed by atoms with E-state index in [1.54, 1.807) is 4.90 Å². The topological polar surface area (TPSA) is 110 Å². The van der Waals surface area contributed by atoms with E-state index in [0.29, 0.717) is 6.42 Å². The number of nitrogens with two attached hydrogens (primary N) is 1. The molecule has 1 unspecified atom stereocenters. The van der Waals surface area contributed by atoms with Gasteiger partial charge in [0.15, 0.2) is 6.10 Å². The van der Waals surface area contributed by atoms with E-state index in [1.165, 1.54) is 84.0 Å². The molecular weight excluding hydrogens is 432 g/mol. The second kappa shape index (κ2) is 26.0. The third kappa shape index (κ3) is 23.5. The predicted molar refractivity (Wildman–Crippen MR) is 140 cm³/mol. The highest BCUT2D eigenvalue weighted by Crippen LogP contribution is 2.14. The van der Waals surface area contributed by atoms with Gasteiger partial charge in [0.1, 0.15) is 0 Å². The summed E-state index contributed by atoms with van der Waals surface area (Å²) in [5, 5.41) is 8.66. The van der Waals surface area contributed by atoms with Gasteiger partial charge in [0.2, 0.25) is 5.91 Å². The maximum Gasteiger partial charge on any atom is 0.344 e. The zero-order valence-corrected chi connectivity index (χ0v) is 22.6. The number of nitrogens with zero attached hydrogens (tertiary/aromatic N) is 1. The molecule has 34 heavy (non-hydrogen) atoms. The molecule has 1 atom stereocenters. The number of likely N-dealkylation sites (N-methyl/N-ethyl adjacent to an activating group) is 1. The Kier molecular flexibility index (Phi) is 26.4. The van der Waals surface area contributed by atoms with Crippen molar-refractivity contribution in [2.75, 3.05) is 19.6 Å². The SMILES string of the molecule is CCCCCCCCCCCCCCCCCC(=O)OC(C)C(=O)O.CCN(CC)C(=O)CN. The molecular formula is C27H54N2O5. The zero-order valence-electron chi connectivity index (χ0n) is 22.6. The van der Waals surface area contributed by atoms with Crippen LogP contribution in [-0.2, 0) is 19.1 Å². The lowest BCUT2D eigenvalue weighted by molar-refractivity contribution is -0.162. The van der Waals surface area contributed by atoms with E-state index in [2.05, 4.69) is 6.92 Å². The monoisotopic (exact) mass is 486 g/mol. The zero-order chi connectivity index (χ0) is 26.0. The van der Waals surface area contributed by atoms with Gasteiger partial charge in [0, 0.05) is 19.5 Å². The Morgan fingerprint density at radius 3 is 1.41 bits per heavy atom. The molecule has 0 radical (unpaired) electrons. The molecule has 0 saturated carbocycles. The number of unbranched alkanes of at least 4 members (excludes halogenated alkanes) is 14. The Labute approximate surface area is 209 Å². The molecule has 0 aliphatic rings. The highest BCUT2D eigenvalue weighted by atomic mass is 16.6. The van der Waals surface area contributed by atoms with Gasteiger partial charge in [0.05, 0.1) is 6.54 Å². The van der Waals surface area contributed by atoms with Gasteiger partial charge in [-0.05, 0) is 27.2 Å². The van der Waals surface area contributed by atoms with Crippen LogP contribution < -0.4 is 5.73 Å². The highest BCUT2D eigenvalue weighted by molar-refractivity contribution is 5.78. The summed E-state index contributed by atoms with van der Waals surface area (Å²) >= 11 is 0. The quantitative estimate of drug-likeness (QED) is 0.150. The lowest BCUT2D eigenvalue weighted by atomic mass is 10.0. The number of carbonyl (C=O) groups excluding carboxylic acids is 2. The summed E-state index contributed by atoms with van der Waals surface area (Å²) in [5.74, 6) is -1.46. The second-order valence-corrected chi connectivity index (χ2v) is 8.94. The van der Waals surface area contributed by atoms with Crippen molar-refractivity contribution >= 4 is 17.8 Å². The normalized spacial score (nSPS) is 11.3. The Hall–Kier alpha value is -1.63. The average molecular weight is 487 g/mol. The summed E-state index contributed by atoms with van der Waals surface area (Å²) < 4.78 is 4.79. The largest absolute Gasteiger partial charge is 0.479 e. The first-order valence-corrected chi connectivity index (χ1v) is 13.7. The molecule has 0 saturated heterocycles. The third-order valence-corrected chi connectivity index (χ3v) is 5.93. The van der Waals surface area contributed by atoms with Crippen LogP contribution in [0.5, 0.6) is 0 Å². The molecule has 0 aromatic carbocycles. The van der Waals surface area contributed by atoms with Crippen LogP contribution in [0.25, 0.3) is 0 Å². The van der Waals surface area contributed by atoms with Crippen LogP contribution in [0.15, 0.2) is 0 Å². The summed E-state index contributed by atoms with van der Waals surface area (Å²) in [6, 6.07) is 0. The van der Waals surface area contributed by atoms with Gasteiger partial charge < -0.3 is 20.5 Å². The van der Waals surface area contributed by atoms with Crippen LogP contribution >= 0.6 is 0 Å². The molecule has 0 spiro atoms. The van der Waals surface area contributed by atoms with Crippen molar-refractivity contribution in [3.63, 3.8) is 0 Å². The van der Waals surface area contributed by atoms with Crippen molar-refractivity contribution in [1.29, 1.82) is 0 Å². The number of carboxylic acid groups (broad SMARTS) is 1. The van der Waals surface area contributed by atoms with Crippen LogP contribution in [0.3, 0.4) is 0 Å². The fraction of sp³-hybridized carbons (Fsp3) is 0.889. The van der Waals surface area contributed by atoms with E-state index in [1.807, 2.05) is 13.8 Å². The summed E-state index contributed by atoms with van der Waals surface area (Å²) in [4.78, 5) is 34.5. The van der Waals surface area contributed by atoms with Crippen LogP contribution in [0.4, 0.5) is 0 Å². The predicted octanol–water partition coefficient (Wildman–Crippen LogP) is 6.08. The van der Waals surface area contributed by atoms with Crippen LogP contribution in [-0.4, -0.2) is 53.6 Å². The molecule has 0 rings (SSSR count). The van der Waals surface area contributed by atoms with Crippen LogP contribution in [0.2, 0.25) is 0 Å². The van der Waals surface area contributed by atoms with Gasteiger partial charge in [-0.1, -0.05) is 96.8 Å². The maximum atomic E-state index is 11.4. The van der Waals surface area contributed by atoms with Crippen molar-refractivity contribution in [1.82, 2.24) is 4.90 Å². The van der Waals surface area contributed by atoms with Crippen molar-refractivity contribution in [2.45, 2.75) is 137 Å². The van der Waals surface area contributed by atoms with Gasteiger partial charge in [0.25, 0.3) is 0 Å². The lowest BCUT2D eigenvalue weighted by Gasteiger charge is -2.16. The highest BCUT2D eigenvalue weighted by Gasteiger charge is 2.15. The molecule has 0 aliphatic heterocycles. The van der Waals surface area contributed by atoms with Crippen molar-refractivity contribution in [3.05, 3.63) is 0 Å². The molecule has 0 heterocycles. The summed E-state index contributed by atoms with van der Waals surface area (Å²) in [5.41, 5.74) is 5.13. The van der Waals surface area contributed by atoms with E-state index in [0.717, 1.165) is 32.4 Å². The van der Waals surface area contributed by atoms with Gasteiger partial charge >= 0.3 is 11.9 Å². The van der Waals surface area contributed by atoms with E-state index in [-0.39, 0.29) is 12.5 Å². The minimum atomic E-state index is -1.09. The average Bonchev–Trinajstić information content (AvgIpc) is 2.82. The molecule has 1 amide bonds. The fourth-order valence-electron chi connectivity index (χ4n) is 3.65. The molecule has 7 heteroatoms. The molecule has 0 aliphatic carbocycles. The fourth-order valence-corrected chi connectivity index (χ4v) is 3.65. The summed E-state index contributed by atoms with van der Waals surface area (Å²) in [6.07, 6.45) is 18.6. The van der Waals surface area contributed by atoms with E-state index in [4.69, 9.17) is 15.6 Å². The Morgan fingerprint density at radius 2 is 1.12 bits per heavy atom. The third-order valence-electron chi connectivity index (χ3n) is 5.93. The number of hydrogen-bond acceptors (Lipinski definition) is 5. The van der Waals surface area contributed by atoms with E-state index >= 15 is 0 Å². The van der Waals surface area contributed by atoms with Crippen molar-refractivity contribution < 1.29 is 24.2 Å². The number of hydrogen-bond donors (Lipinski definition) is 2. The molecule has 0 bridgehead atoms. The first-order chi connectivity index (χ1) is 16.3. The van der Waals surface area contributed by atoms with Crippen molar-refractivity contribution in [3.8, 4) is 0 Å². The number of esters is 1. The second-order valence-electron chi connectivity index (χ2n) is 8.94. The number of aliphatic carboxylic acids is 1. The lowest BCUT2D eigenvalue weighted by Crippen LogP contribution is -2.35. The summed E-state index contributed by atoms with van der Waals surface area (Å²) in [7, 11) is 0. The van der Waals surface area contributed by atoms with Gasteiger partial charge in [-0.2, -0.15) is 0 Å². The number of rotatable bonds is 21. The van der Waals surface area contributed by atoms with E-state index < -0.39 is 18.0 Å². The molecule has 0 aromatic heterocycles.